The Hall–Kier alpha value is -3.07. The number of unbranched alkanes of at least 4 members (excludes halogenated alkanes) is 1. The number of methoxy groups -OCH3 is 1. The topological polar surface area (TPSA) is 74.3 Å². The van der Waals surface area contributed by atoms with Crippen LogP contribution in [-0.4, -0.2) is 46.8 Å². The Morgan fingerprint density at radius 3 is 2.61 bits per heavy atom. The number of rotatable bonds is 11. The van der Waals surface area contributed by atoms with Gasteiger partial charge in [-0.1, -0.05) is 43.7 Å². The zero-order valence-corrected chi connectivity index (χ0v) is 22.8. The lowest BCUT2D eigenvalue weighted by Gasteiger charge is -2.42. The SMILES string of the molecule is CCCCOCCOc1ccc2c(c1)CCN1Cc3c(ccc(OC)c3OS(=O)(=O)c3ccccc3)CC21. The molecule has 0 aromatic heterocycles. The van der Waals surface area contributed by atoms with E-state index in [9.17, 15) is 8.42 Å². The molecule has 5 rings (SSSR count). The van der Waals surface area contributed by atoms with E-state index in [1.807, 2.05) is 12.1 Å². The largest absolute Gasteiger partial charge is 0.493 e. The molecule has 3 aromatic rings. The van der Waals surface area contributed by atoms with Gasteiger partial charge in [0.2, 0.25) is 0 Å². The highest BCUT2D eigenvalue weighted by atomic mass is 32.2. The van der Waals surface area contributed by atoms with Gasteiger partial charge in [-0.05, 0) is 66.3 Å². The number of hydrogen-bond donors (Lipinski definition) is 0. The minimum atomic E-state index is -4.00. The smallest absolute Gasteiger partial charge is 0.339 e. The predicted octanol–water partition coefficient (Wildman–Crippen LogP) is 5.31. The van der Waals surface area contributed by atoms with Gasteiger partial charge in [0.05, 0.1) is 13.7 Å². The first kappa shape index (κ1) is 26.5. The fourth-order valence-electron chi connectivity index (χ4n) is 5.25. The van der Waals surface area contributed by atoms with Gasteiger partial charge in [-0.2, -0.15) is 8.42 Å². The molecule has 0 saturated heterocycles. The molecule has 2 aliphatic heterocycles. The normalized spacial score (nSPS) is 16.7. The maximum atomic E-state index is 13.1. The average Bonchev–Trinajstić information content (AvgIpc) is 2.94. The summed E-state index contributed by atoms with van der Waals surface area (Å²) < 4.78 is 48.9. The summed E-state index contributed by atoms with van der Waals surface area (Å²) in [6, 6.07) is 18.6. The van der Waals surface area contributed by atoms with Crippen LogP contribution in [0.1, 0.15) is 48.1 Å². The molecule has 7 nitrogen and oxygen atoms in total. The molecule has 0 radical (unpaired) electrons. The molecule has 1 atom stereocenters. The van der Waals surface area contributed by atoms with E-state index in [0.717, 1.165) is 55.7 Å². The lowest BCUT2D eigenvalue weighted by atomic mass is 9.83. The fourth-order valence-corrected chi connectivity index (χ4v) is 6.23. The van der Waals surface area contributed by atoms with Crippen molar-refractivity contribution in [1.29, 1.82) is 0 Å². The van der Waals surface area contributed by atoms with Crippen LogP contribution in [0.3, 0.4) is 0 Å². The Kier molecular flexibility index (Phi) is 8.21. The summed E-state index contributed by atoms with van der Waals surface area (Å²) in [5.74, 6) is 1.57. The standard InChI is InChI=1S/C30H35NO6S/c1-3-4-16-35-17-18-36-24-11-12-26-23(19-24)14-15-31-21-27-22(20-28(26)31)10-13-29(34-2)30(27)37-38(32,33)25-8-6-5-7-9-25/h5-13,19,28H,3-4,14-18,20-21H2,1-2H3. The van der Waals surface area contributed by atoms with Crippen molar-refractivity contribution in [3.8, 4) is 17.2 Å². The van der Waals surface area contributed by atoms with Crippen LogP contribution in [0, 0.1) is 0 Å². The van der Waals surface area contributed by atoms with Gasteiger partial charge in [-0.3, -0.25) is 4.90 Å². The van der Waals surface area contributed by atoms with Crippen molar-refractivity contribution < 1.29 is 26.8 Å². The van der Waals surface area contributed by atoms with Crippen molar-refractivity contribution in [3.63, 3.8) is 0 Å². The maximum Gasteiger partial charge on any atom is 0.339 e. The third kappa shape index (κ3) is 5.67. The van der Waals surface area contributed by atoms with Crippen LogP contribution < -0.4 is 13.7 Å². The Balaban J connectivity index is 1.35. The fraction of sp³-hybridized carbons (Fsp3) is 0.400. The van der Waals surface area contributed by atoms with Crippen molar-refractivity contribution in [3.05, 3.63) is 82.9 Å². The molecule has 0 spiro atoms. The van der Waals surface area contributed by atoms with E-state index in [2.05, 4.69) is 24.0 Å². The lowest BCUT2D eigenvalue weighted by Crippen LogP contribution is -2.39. The van der Waals surface area contributed by atoms with E-state index in [0.29, 0.717) is 25.5 Å². The summed E-state index contributed by atoms with van der Waals surface area (Å²) in [7, 11) is -2.47. The molecule has 0 aliphatic carbocycles. The van der Waals surface area contributed by atoms with Crippen LogP contribution in [0.2, 0.25) is 0 Å². The molecule has 2 heterocycles. The Labute approximate surface area is 225 Å². The van der Waals surface area contributed by atoms with Crippen molar-refractivity contribution in [1.82, 2.24) is 4.90 Å². The molecule has 202 valence electrons. The summed E-state index contributed by atoms with van der Waals surface area (Å²) in [5.41, 5.74) is 4.54. The number of benzene rings is 3. The van der Waals surface area contributed by atoms with Crippen LogP contribution in [0.15, 0.2) is 65.6 Å². The summed E-state index contributed by atoms with van der Waals surface area (Å²) in [5, 5.41) is 0. The highest BCUT2D eigenvalue weighted by Gasteiger charge is 2.35. The van der Waals surface area contributed by atoms with Crippen LogP contribution >= 0.6 is 0 Å². The second-order valence-corrected chi connectivity index (χ2v) is 11.2. The minimum absolute atomic E-state index is 0.116. The van der Waals surface area contributed by atoms with Gasteiger partial charge < -0.3 is 18.4 Å². The van der Waals surface area contributed by atoms with Crippen LogP contribution in [0.4, 0.5) is 0 Å². The predicted molar refractivity (Wildman–Crippen MR) is 145 cm³/mol. The summed E-state index contributed by atoms with van der Waals surface area (Å²) in [6.07, 6.45) is 3.86. The maximum absolute atomic E-state index is 13.1. The molecule has 2 aliphatic rings. The third-order valence-corrected chi connectivity index (χ3v) is 8.50. The Bertz CT molecular complexity index is 1360. The van der Waals surface area contributed by atoms with Gasteiger partial charge in [0.25, 0.3) is 0 Å². The van der Waals surface area contributed by atoms with Gasteiger partial charge in [-0.15, -0.1) is 0 Å². The highest BCUT2D eigenvalue weighted by molar-refractivity contribution is 7.87. The van der Waals surface area contributed by atoms with Gasteiger partial charge in [0, 0.05) is 31.3 Å². The van der Waals surface area contributed by atoms with Gasteiger partial charge >= 0.3 is 10.1 Å². The minimum Gasteiger partial charge on any atom is -0.493 e. The van der Waals surface area contributed by atoms with Crippen molar-refractivity contribution in [2.45, 2.75) is 50.1 Å². The number of hydrogen-bond acceptors (Lipinski definition) is 7. The monoisotopic (exact) mass is 537 g/mol. The molecule has 38 heavy (non-hydrogen) atoms. The van der Waals surface area contributed by atoms with Crippen LogP contribution in [0.25, 0.3) is 0 Å². The average molecular weight is 538 g/mol. The second-order valence-electron chi connectivity index (χ2n) is 9.70. The van der Waals surface area contributed by atoms with Crippen molar-refractivity contribution >= 4 is 10.1 Å². The molecule has 0 N–H and O–H groups in total. The molecule has 0 saturated carbocycles. The Morgan fingerprint density at radius 2 is 1.82 bits per heavy atom. The van der Waals surface area contributed by atoms with Gasteiger partial charge in [0.1, 0.15) is 17.3 Å². The lowest BCUT2D eigenvalue weighted by molar-refractivity contribution is 0.0979. The number of nitrogens with zero attached hydrogens (tertiary/aromatic N) is 1. The van der Waals surface area contributed by atoms with Crippen LogP contribution in [-0.2, 0) is 34.2 Å². The molecular formula is C30H35NO6S. The molecule has 3 aromatic carbocycles. The molecule has 1 unspecified atom stereocenters. The molecular weight excluding hydrogens is 502 g/mol. The van der Waals surface area contributed by atoms with E-state index < -0.39 is 10.1 Å². The molecule has 0 bridgehead atoms. The molecule has 0 fully saturated rings. The number of ether oxygens (including phenoxy) is 3. The third-order valence-electron chi connectivity index (χ3n) is 7.26. The van der Waals surface area contributed by atoms with Crippen molar-refractivity contribution in [2.24, 2.45) is 0 Å². The number of fused-ring (bicyclic) bond motifs is 4. The summed E-state index contributed by atoms with van der Waals surface area (Å²) >= 11 is 0. The first-order valence-electron chi connectivity index (χ1n) is 13.3. The van der Waals surface area contributed by atoms with Gasteiger partial charge in [-0.25, -0.2) is 0 Å². The van der Waals surface area contributed by atoms with E-state index >= 15 is 0 Å². The van der Waals surface area contributed by atoms with Crippen molar-refractivity contribution in [2.75, 3.05) is 33.5 Å². The van der Waals surface area contributed by atoms with E-state index in [1.165, 1.54) is 30.4 Å². The van der Waals surface area contributed by atoms with E-state index in [4.69, 9.17) is 18.4 Å². The van der Waals surface area contributed by atoms with Crippen LogP contribution in [0.5, 0.6) is 17.2 Å². The second kappa shape index (κ2) is 11.8. The quantitative estimate of drug-likeness (QED) is 0.242. The van der Waals surface area contributed by atoms with E-state index in [1.54, 1.807) is 24.3 Å². The first-order chi connectivity index (χ1) is 18.5. The Morgan fingerprint density at radius 1 is 0.974 bits per heavy atom. The molecule has 0 amide bonds. The molecule has 8 heteroatoms. The first-order valence-corrected chi connectivity index (χ1v) is 14.7. The zero-order valence-electron chi connectivity index (χ0n) is 22.0. The van der Waals surface area contributed by atoms with E-state index in [-0.39, 0.29) is 16.7 Å². The highest BCUT2D eigenvalue weighted by Crippen LogP contribution is 2.45. The summed E-state index contributed by atoms with van der Waals surface area (Å²) in [4.78, 5) is 2.51. The van der Waals surface area contributed by atoms with Gasteiger partial charge in [0.15, 0.2) is 11.5 Å². The zero-order chi connectivity index (χ0) is 26.5. The summed E-state index contributed by atoms with van der Waals surface area (Å²) in [6.45, 7) is 5.52.